The fourth-order valence-corrected chi connectivity index (χ4v) is 9.94. The predicted octanol–water partition coefficient (Wildman–Crippen LogP) is 5.51. The van der Waals surface area contributed by atoms with Gasteiger partial charge in [-0.05, 0) is 97.6 Å². The minimum atomic E-state index is -1.42. The zero-order chi connectivity index (χ0) is 27.7. The van der Waals surface area contributed by atoms with Crippen molar-refractivity contribution in [3.8, 4) is 5.69 Å². The van der Waals surface area contributed by atoms with Crippen molar-refractivity contribution in [1.29, 1.82) is 0 Å². The first kappa shape index (κ1) is 26.2. The average molecular weight is 556 g/mol. The van der Waals surface area contributed by atoms with Crippen molar-refractivity contribution in [3.05, 3.63) is 77.8 Å². The van der Waals surface area contributed by atoms with Gasteiger partial charge in [-0.15, -0.1) is 0 Å². The van der Waals surface area contributed by atoms with Crippen LogP contribution in [0.4, 0.5) is 0 Å². The molecule has 2 aromatic heterocycles. The van der Waals surface area contributed by atoms with E-state index in [1.165, 1.54) is 22.9 Å². The van der Waals surface area contributed by atoms with Gasteiger partial charge in [-0.3, -0.25) is 4.79 Å². The number of carbonyl (C=O) groups excluding carboxylic acids is 1. The monoisotopic (exact) mass is 555 g/mol. The van der Waals surface area contributed by atoms with Gasteiger partial charge >= 0.3 is 0 Å². The number of Topliss-reactive ketones (excluding diaryl/α,β-unsaturated/α-hetero) is 1. The van der Waals surface area contributed by atoms with Crippen LogP contribution in [0, 0.1) is 28.6 Å². The van der Waals surface area contributed by atoms with E-state index in [0.717, 1.165) is 42.1 Å². The maximum absolute atomic E-state index is 13.6. The van der Waals surface area contributed by atoms with Gasteiger partial charge in [0.1, 0.15) is 5.60 Å². The Morgan fingerprint density at radius 1 is 1.12 bits per heavy atom. The Labute approximate surface area is 239 Å². The highest BCUT2D eigenvalue weighted by Gasteiger charge is 2.68. The van der Waals surface area contributed by atoms with Gasteiger partial charge in [0.05, 0.1) is 34.5 Å². The van der Waals surface area contributed by atoms with Gasteiger partial charge in [-0.25, -0.2) is 9.67 Å². The van der Waals surface area contributed by atoms with E-state index in [4.69, 9.17) is 5.10 Å². The maximum Gasteiger partial charge on any atom is 0.175 e. The number of aromatic nitrogens is 3. The number of allylic oxidation sites excluding steroid dienone is 1. The predicted molar refractivity (Wildman–Crippen MR) is 156 cm³/mol. The van der Waals surface area contributed by atoms with Gasteiger partial charge in [0.2, 0.25) is 0 Å². The number of thioether (sulfide) groups is 1. The molecule has 4 aliphatic carbocycles. The van der Waals surface area contributed by atoms with Crippen molar-refractivity contribution in [1.82, 2.24) is 14.8 Å². The van der Waals surface area contributed by atoms with Crippen molar-refractivity contribution < 1.29 is 15.0 Å². The third-order valence-corrected chi connectivity index (χ3v) is 12.0. The molecule has 0 radical (unpaired) electrons. The summed E-state index contributed by atoms with van der Waals surface area (Å²) < 4.78 is 2.04. The third kappa shape index (κ3) is 3.74. The second-order valence-electron chi connectivity index (χ2n) is 12.9. The number of aliphatic hydroxyl groups is 2. The lowest BCUT2D eigenvalue weighted by molar-refractivity contribution is -0.177. The van der Waals surface area contributed by atoms with Gasteiger partial charge < -0.3 is 10.2 Å². The standard InChI is InChI=1S/C33H37N3O3S/c1-31-17-21-19-35-36(23-8-4-3-5-9-23)26(21)16-22(31)11-12-24-25-13-14-33(39,32(25,2)18-27(37)30(24)31)28(38)20-40-29-10-6-7-15-34-29/h3-10,15-16,19,24-25,27,30,37,39H,11-14,17-18,20H2,1-2H3/t24?,25?,27?,30?,31?,32?,33-/m0/s1. The lowest BCUT2D eigenvalue weighted by Gasteiger charge is -2.60. The summed E-state index contributed by atoms with van der Waals surface area (Å²) in [5.41, 5.74) is 2.62. The molecule has 6 unspecified atom stereocenters. The van der Waals surface area contributed by atoms with Crippen LogP contribution in [0.25, 0.3) is 11.8 Å². The molecular formula is C33H37N3O3S. The van der Waals surface area contributed by atoms with E-state index in [0.29, 0.717) is 12.8 Å². The largest absolute Gasteiger partial charge is 0.393 e. The molecule has 6 nitrogen and oxygen atoms in total. The molecule has 1 aromatic carbocycles. The normalized spacial score (nSPS) is 36.1. The highest BCUT2D eigenvalue weighted by atomic mass is 32.2. The second kappa shape index (κ2) is 9.40. The van der Waals surface area contributed by atoms with Gasteiger partial charge in [0.15, 0.2) is 5.78 Å². The topological polar surface area (TPSA) is 88.2 Å². The lowest BCUT2D eigenvalue weighted by atomic mass is 9.45. The Balaban J connectivity index is 1.17. The molecular weight excluding hydrogens is 518 g/mol. The van der Waals surface area contributed by atoms with Gasteiger partial charge in [0.25, 0.3) is 0 Å². The molecule has 4 aliphatic rings. The van der Waals surface area contributed by atoms with Crippen molar-refractivity contribution in [2.24, 2.45) is 28.6 Å². The number of hydrogen-bond acceptors (Lipinski definition) is 6. The molecule has 208 valence electrons. The highest BCUT2D eigenvalue weighted by Crippen LogP contribution is 2.67. The Morgan fingerprint density at radius 2 is 1.93 bits per heavy atom. The fourth-order valence-electron chi connectivity index (χ4n) is 9.11. The number of carbonyl (C=O) groups is 1. The molecule has 7 rings (SSSR count). The number of aliphatic hydroxyl groups excluding tert-OH is 1. The summed E-state index contributed by atoms with van der Waals surface area (Å²) in [6.07, 6.45) is 10.0. The number of rotatable bonds is 5. The van der Waals surface area contributed by atoms with E-state index in [9.17, 15) is 15.0 Å². The second-order valence-corrected chi connectivity index (χ2v) is 13.9. The Morgan fingerprint density at radius 3 is 2.70 bits per heavy atom. The summed E-state index contributed by atoms with van der Waals surface area (Å²) in [7, 11) is 0. The van der Waals surface area contributed by atoms with Crippen LogP contribution in [-0.4, -0.2) is 48.2 Å². The molecule has 0 amide bonds. The highest BCUT2D eigenvalue weighted by molar-refractivity contribution is 7.99. The number of nitrogens with zero attached hydrogens (tertiary/aromatic N) is 3. The first-order chi connectivity index (χ1) is 19.2. The first-order valence-electron chi connectivity index (χ1n) is 14.6. The van der Waals surface area contributed by atoms with Crippen LogP contribution in [0.15, 0.2) is 71.5 Å². The summed E-state index contributed by atoms with van der Waals surface area (Å²) in [5.74, 6) is 0.642. The summed E-state index contributed by atoms with van der Waals surface area (Å²) in [6, 6.07) is 15.9. The molecule has 0 aliphatic heterocycles. The minimum absolute atomic E-state index is 0.0964. The van der Waals surface area contributed by atoms with Crippen molar-refractivity contribution in [3.63, 3.8) is 0 Å². The molecule has 2 N–H and O–H groups in total. The van der Waals surface area contributed by atoms with Gasteiger partial charge in [0, 0.05) is 11.6 Å². The average Bonchev–Trinajstić information content (AvgIpc) is 3.48. The van der Waals surface area contributed by atoms with Crippen molar-refractivity contribution in [2.75, 3.05) is 5.75 Å². The van der Waals surface area contributed by atoms with Crippen molar-refractivity contribution in [2.45, 2.75) is 69.1 Å². The van der Waals surface area contributed by atoms with Gasteiger partial charge in [-0.2, -0.15) is 5.10 Å². The van der Waals surface area contributed by atoms with Crippen LogP contribution < -0.4 is 0 Å². The summed E-state index contributed by atoms with van der Waals surface area (Å²) >= 11 is 1.39. The molecule has 0 saturated heterocycles. The number of para-hydroxylation sites is 1. The number of hydrogen-bond donors (Lipinski definition) is 2. The Hall–Kier alpha value is -2.74. The van der Waals surface area contributed by atoms with E-state index in [1.54, 1.807) is 6.20 Å². The first-order valence-corrected chi connectivity index (χ1v) is 15.5. The third-order valence-electron chi connectivity index (χ3n) is 11.0. The molecule has 2 heterocycles. The van der Waals surface area contributed by atoms with Gasteiger partial charge in [-0.1, -0.05) is 55.4 Å². The lowest BCUT2D eigenvalue weighted by Crippen LogP contribution is -2.62. The minimum Gasteiger partial charge on any atom is -0.393 e. The summed E-state index contributed by atoms with van der Waals surface area (Å²) in [4.78, 5) is 17.9. The van der Waals surface area contributed by atoms with Crippen LogP contribution in [0.3, 0.4) is 0 Å². The maximum atomic E-state index is 13.6. The van der Waals surface area contributed by atoms with E-state index >= 15 is 0 Å². The Bertz CT molecular complexity index is 1470. The number of pyridine rings is 1. The zero-order valence-electron chi connectivity index (χ0n) is 23.2. The van der Waals surface area contributed by atoms with Crippen LogP contribution in [-0.2, 0) is 11.2 Å². The molecule has 40 heavy (non-hydrogen) atoms. The molecule has 0 spiro atoms. The molecule has 3 saturated carbocycles. The van der Waals surface area contributed by atoms with E-state index in [1.807, 2.05) is 47.3 Å². The van der Waals surface area contributed by atoms with E-state index in [2.05, 4.69) is 37.0 Å². The molecule has 7 atom stereocenters. The smallest absolute Gasteiger partial charge is 0.175 e. The fraction of sp³-hybridized carbons (Fsp3) is 0.485. The number of fused-ring (bicyclic) bond motifs is 6. The molecule has 3 aromatic rings. The summed E-state index contributed by atoms with van der Waals surface area (Å²) in [6.45, 7) is 4.41. The van der Waals surface area contributed by atoms with Crippen LogP contribution in [0.1, 0.15) is 57.2 Å². The van der Waals surface area contributed by atoms with Crippen molar-refractivity contribution >= 4 is 23.6 Å². The Kier molecular flexibility index (Phi) is 6.15. The molecule has 7 heteroatoms. The number of ketones is 1. The molecule has 3 fully saturated rings. The van der Waals surface area contributed by atoms with E-state index < -0.39 is 17.1 Å². The zero-order valence-corrected chi connectivity index (χ0v) is 24.0. The van der Waals surface area contributed by atoms with E-state index in [-0.39, 0.29) is 34.7 Å². The van der Waals surface area contributed by atoms with Crippen LogP contribution >= 0.6 is 11.8 Å². The SMILES string of the molecule is CC12Cc3cnn(-c4ccccc4)c3C=C1CCC1C2C(O)CC2(C)C1CC[C@]2(O)C(=O)CSc1ccccn1. The van der Waals surface area contributed by atoms with Crippen LogP contribution in [0.2, 0.25) is 0 Å². The number of benzene rings is 1. The summed E-state index contributed by atoms with van der Waals surface area (Å²) in [5, 5.41) is 29.5. The van der Waals surface area contributed by atoms with Crippen LogP contribution in [0.5, 0.6) is 0 Å². The molecule has 0 bridgehead atoms. The quantitative estimate of drug-likeness (QED) is 0.404.